The van der Waals surface area contributed by atoms with Gasteiger partial charge in [0.25, 0.3) is 5.91 Å². The second-order valence-electron chi connectivity index (χ2n) is 6.58. The Kier molecular flexibility index (Phi) is 6.27. The number of hydrogen-bond acceptors (Lipinski definition) is 7. The van der Waals surface area contributed by atoms with Crippen molar-refractivity contribution in [3.63, 3.8) is 0 Å². The number of carbonyl (C=O) groups is 1. The van der Waals surface area contributed by atoms with E-state index in [-0.39, 0.29) is 11.4 Å². The fourth-order valence-corrected chi connectivity index (χ4v) is 3.29. The summed E-state index contributed by atoms with van der Waals surface area (Å²) in [5.41, 5.74) is 12.7. The molecule has 0 atom stereocenters. The summed E-state index contributed by atoms with van der Waals surface area (Å²) in [4.78, 5) is 23.2. The highest BCUT2D eigenvalue weighted by Crippen LogP contribution is 2.29. The van der Waals surface area contributed by atoms with Gasteiger partial charge < -0.3 is 27.0 Å². The lowest BCUT2D eigenvalue weighted by atomic mass is 9.97. The first-order chi connectivity index (χ1) is 13.5. The largest absolute Gasteiger partial charge is 0.383 e. The van der Waals surface area contributed by atoms with E-state index in [1.807, 2.05) is 6.07 Å². The Morgan fingerprint density at radius 1 is 1.43 bits per heavy atom. The van der Waals surface area contributed by atoms with Gasteiger partial charge in [-0.3, -0.25) is 15.2 Å². The minimum Gasteiger partial charge on any atom is -0.383 e. The molecule has 0 bridgehead atoms. The minimum absolute atomic E-state index is 0.0756. The van der Waals surface area contributed by atoms with Gasteiger partial charge in [0.05, 0.1) is 22.6 Å². The predicted molar refractivity (Wildman–Crippen MR) is 111 cm³/mol. The lowest BCUT2D eigenvalue weighted by molar-refractivity contribution is -0.112. The second kappa shape index (κ2) is 8.85. The van der Waals surface area contributed by atoms with Gasteiger partial charge in [0, 0.05) is 31.7 Å². The Balaban J connectivity index is 1.82. The molecule has 10 heteroatoms. The van der Waals surface area contributed by atoms with Crippen LogP contribution in [0.4, 0.5) is 11.4 Å². The fraction of sp³-hybridized carbons (Fsp3) is 0.333. The molecule has 0 aromatic carbocycles. The molecule has 0 radical (unpaired) electrons. The van der Waals surface area contributed by atoms with Crippen molar-refractivity contribution >= 4 is 40.9 Å². The number of anilines is 2. The molecule has 0 saturated carbocycles. The van der Waals surface area contributed by atoms with Crippen LogP contribution in [0.1, 0.15) is 12.8 Å². The normalized spacial score (nSPS) is 18.9. The third-order valence-electron chi connectivity index (χ3n) is 4.73. The van der Waals surface area contributed by atoms with Crippen LogP contribution < -0.4 is 27.0 Å². The summed E-state index contributed by atoms with van der Waals surface area (Å²) in [6.45, 7) is 2.39. The molecule has 2 aliphatic heterocycles. The Morgan fingerprint density at radius 3 is 2.79 bits per heavy atom. The molecule has 0 unspecified atom stereocenters. The number of nitrogens with zero attached hydrogens (tertiary/aromatic N) is 3. The van der Waals surface area contributed by atoms with Gasteiger partial charge >= 0.3 is 0 Å². The van der Waals surface area contributed by atoms with Gasteiger partial charge in [0.15, 0.2) is 0 Å². The lowest BCUT2D eigenvalue weighted by Crippen LogP contribution is -2.37. The molecule has 0 spiro atoms. The quantitative estimate of drug-likeness (QED) is 0.283. The minimum atomic E-state index is -0.551. The lowest BCUT2D eigenvalue weighted by Gasteiger charge is -2.34. The average molecular weight is 403 g/mol. The maximum atomic E-state index is 12.8. The van der Waals surface area contributed by atoms with Crippen LogP contribution in [0.2, 0.25) is 0 Å². The van der Waals surface area contributed by atoms with Crippen LogP contribution in [-0.2, 0) is 4.79 Å². The van der Waals surface area contributed by atoms with Crippen LogP contribution in [0.3, 0.4) is 0 Å². The number of rotatable bonds is 5. The smallest absolute Gasteiger partial charge is 0.263 e. The highest BCUT2D eigenvalue weighted by atomic mass is 35.5. The summed E-state index contributed by atoms with van der Waals surface area (Å²) in [5.74, 6) is -0.272. The molecule has 2 aliphatic rings. The molecule has 0 aliphatic carbocycles. The van der Waals surface area contributed by atoms with E-state index < -0.39 is 11.7 Å². The van der Waals surface area contributed by atoms with E-state index >= 15 is 0 Å². The van der Waals surface area contributed by atoms with Gasteiger partial charge in [-0.05, 0) is 31.4 Å². The topological polar surface area (TPSA) is 146 Å². The summed E-state index contributed by atoms with van der Waals surface area (Å²) in [6.07, 6.45) is 8.11. The van der Waals surface area contributed by atoms with Gasteiger partial charge in [0.2, 0.25) is 0 Å². The van der Waals surface area contributed by atoms with Gasteiger partial charge in [-0.1, -0.05) is 11.6 Å². The van der Waals surface area contributed by atoms with Crippen molar-refractivity contribution in [1.82, 2.24) is 10.3 Å². The van der Waals surface area contributed by atoms with Crippen LogP contribution >= 0.6 is 11.6 Å². The van der Waals surface area contributed by atoms with Gasteiger partial charge in [-0.2, -0.15) is 0 Å². The molecule has 148 valence electrons. The van der Waals surface area contributed by atoms with Crippen LogP contribution in [0.15, 0.2) is 46.1 Å². The van der Waals surface area contributed by atoms with Gasteiger partial charge in [0.1, 0.15) is 17.2 Å². The number of halogens is 1. The van der Waals surface area contributed by atoms with Crippen LogP contribution in [0.5, 0.6) is 0 Å². The molecule has 1 aromatic rings. The van der Waals surface area contributed by atoms with Gasteiger partial charge in [-0.15, -0.1) is 0 Å². The van der Waals surface area contributed by atoms with Crippen molar-refractivity contribution < 1.29 is 4.79 Å². The zero-order chi connectivity index (χ0) is 20.1. The Bertz CT molecular complexity index is 855. The molecule has 28 heavy (non-hydrogen) atoms. The van der Waals surface area contributed by atoms with Crippen molar-refractivity contribution in [2.45, 2.75) is 12.8 Å². The SMILES string of the molecule is N=C(N)/C(C(=O)Nc1cnccc1N1CCC(CN)CC1)=C1/N=CC(Cl)=CN1. The molecule has 1 saturated heterocycles. The highest BCUT2D eigenvalue weighted by Gasteiger charge is 2.24. The molecule has 7 N–H and O–H groups in total. The Morgan fingerprint density at radius 2 is 2.18 bits per heavy atom. The standard InChI is InChI=1S/C18H23ClN8O/c19-12-8-24-17(25-9-12)15(16(21)22)18(28)26-13-10-23-4-1-14(13)27-5-2-11(7-20)3-6-27/h1,4,8-11,24H,2-3,5-7,20H2,(H3,21,22)(H,26,28)/b17-15-. The predicted octanol–water partition coefficient (Wildman–Crippen LogP) is 1.10. The number of piperidine rings is 1. The summed E-state index contributed by atoms with van der Waals surface area (Å²) in [5, 5.41) is 13.7. The number of pyridine rings is 1. The summed E-state index contributed by atoms with van der Waals surface area (Å²) >= 11 is 5.82. The van der Waals surface area contributed by atoms with E-state index in [0.29, 0.717) is 23.2 Å². The molecule has 1 fully saturated rings. The van der Waals surface area contributed by atoms with Crippen molar-refractivity contribution in [3.05, 3.63) is 41.1 Å². The molecular formula is C18H23ClN8O. The number of carbonyl (C=O) groups excluding carboxylic acids is 1. The monoisotopic (exact) mass is 402 g/mol. The van der Waals surface area contributed by atoms with E-state index in [9.17, 15) is 4.79 Å². The first-order valence-corrected chi connectivity index (χ1v) is 9.32. The molecule has 9 nitrogen and oxygen atoms in total. The Labute approximate surface area is 168 Å². The van der Waals surface area contributed by atoms with Gasteiger partial charge in [-0.25, -0.2) is 4.99 Å². The first kappa shape index (κ1) is 19.8. The van der Waals surface area contributed by atoms with E-state index in [1.54, 1.807) is 12.4 Å². The van der Waals surface area contributed by atoms with E-state index in [0.717, 1.165) is 31.6 Å². The maximum Gasteiger partial charge on any atom is 0.263 e. The molecule has 3 rings (SSSR count). The van der Waals surface area contributed by atoms with Crippen LogP contribution in [-0.4, -0.2) is 42.6 Å². The molecular weight excluding hydrogens is 380 g/mol. The highest BCUT2D eigenvalue weighted by molar-refractivity contribution is 6.39. The number of aliphatic imine (C=N–C) groups is 1. The Hall–Kier alpha value is -2.91. The molecule has 3 heterocycles. The number of amides is 1. The first-order valence-electron chi connectivity index (χ1n) is 8.95. The van der Waals surface area contributed by atoms with Crippen LogP contribution in [0, 0.1) is 11.3 Å². The van der Waals surface area contributed by atoms with Crippen molar-refractivity contribution in [2.75, 3.05) is 29.9 Å². The molecule has 1 amide bonds. The second-order valence-corrected chi connectivity index (χ2v) is 7.02. The molecule has 1 aromatic heterocycles. The van der Waals surface area contributed by atoms with Crippen molar-refractivity contribution in [1.29, 1.82) is 5.41 Å². The summed E-state index contributed by atoms with van der Waals surface area (Å²) in [6, 6.07) is 1.86. The summed E-state index contributed by atoms with van der Waals surface area (Å²) < 4.78 is 0. The fourth-order valence-electron chi connectivity index (χ4n) is 3.19. The number of hydrogen-bond donors (Lipinski definition) is 5. The number of amidine groups is 1. The summed E-state index contributed by atoms with van der Waals surface area (Å²) in [7, 11) is 0. The van der Waals surface area contributed by atoms with E-state index in [1.165, 1.54) is 12.4 Å². The zero-order valence-corrected chi connectivity index (χ0v) is 16.0. The maximum absolute atomic E-state index is 12.8. The number of nitrogens with one attached hydrogen (secondary N) is 3. The number of aromatic nitrogens is 1. The number of nitrogens with two attached hydrogens (primary N) is 2. The third-order valence-corrected chi connectivity index (χ3v) is 4.94. The third kappa shape index (κ3) is 4.49. The van der Waals surface area contributed by atoms with Crippen LogP contribution in [0.25, 0.3) is 0 Å². The van der Waals surface area contributed by atoms with Crippen molar-refractivity contribution in [2.24, 2.45) is 22.4 Å². The number of allylic oxidation sites excluding steroid dienone is 1. The van der Waals surface area contributed by atoms with E-state index in [4.69, 9.17) is 28.5 Å². The van der Waals surface area contributed by atoms with E-state index in [2.05, 4.69) is 25.5 Å². The average Bonchev–Trinajstić information content (AvgIpc) is 2.70. The van der Waals surface area contributed by atoms with Crippen molar-refractivity contribution in [3.8, 4) is 0 Å². The zero-order valence-electron chi connectivity index (χ0n) is 15.3.